The van der Waals surface area contributed by atoms with Crippen LogP contribution in [-0.4, -0.2) is 47.6 Å². The zero-order valence-electron chi connectivity index (χ0n) is 21.9. The van der Waals surface area contributed by atoms with Crippen molar-refractivity contribution in [1.82, 2.24) is 4.90 Å². The van der Waals surface area contributed by atoms with Gasteiger partial charge in [0.2, 0.25) is 0 Å². The first-order chi connectivity index (χ1) is 17.3. The second-order valence-corrected chi connectivity index (χ2v) is 8.96. The first-order valence-electron chi connectivity index (χ1n) is 12.8. The van der Waals surface area contributed by atoms with Gasteiger partial charge in [0.1, 0.15) is 23.0 Å². The molecule has 0 spiro atoms. The molecule has 1 saturated heterocycles. The van der Waals surface area contributed by atoms with Crippen LogP contribution >= 0.6 is 0 Å². The molecule has 1 heterocycles. The van der Waals surface area contributed by atoms with E-state index in [1.165, 1.54) is 0 Å². The summed E-state index contributed by atoms with van der Waals surface area (Å²) in [6.45, 7) is 11.0. The Labute approximate surface area is 213 Å². The van der Waals surface area contributed by atoms with E-state index in [9.17, 15) is 14.7 Å². The van der Waals surface area contributed by atoms with Crippen molar-refractivity contribution in [2.24, 2.45) is 0 Å². The summed E-state index contributed by atoms with van der Waals surface area (Å²) in [4.78, 5) is 28.0. The molecule has 0 radical (unpaired) electrons. The van der Waals surface area contributed by atoms with Crippen molar-refractivity contribution in [3.8, 4) is 17.2 Å². The second kappa shape index (κ2) is 12.5. The monoisotopic (exact) mass is 495 g/mol. The van der Waals surface area contributed by atoms with Crippen molar-refractivity contribution in [2.75, 3.05) is 19.8 Å². The first-order valence-corrected chi connectivity index (χ1v) is 12.8. The molecule has 2 aromatic carbocycles. The van der Waals surface area contributed by atoms with Gasteiger partial charge < -0.3 is 24.2 Å². The maximum atomic E-state index is 13.3. The molecule has 0 saturated carbocycles. The van der Waals surface area contributed by atoms with Gasteiger partial charge in [-0.15, -0.1) is 0 Å². The van der Waals surface area contributed by atoms with Crippen LogP contribution in [0.2, 0.25) is 0 Å². The van der Waals surface area contributed by atoms with Crippen LogP contribution in [0.4, 0.5) is 0 Å². The number of rotatable bonds is 12. The molecule has 0 bridgehead atoms. The van der Waals surface area contributed by atoms with Gasteiger partial charge in [-0.05, 0) is 63.9 Å². The van der Waals surface area contributed by atoms with Gasteiger partial charge in [0, 0.05) is 12.6 Å². The number of aliphatic hydroxyl groups is 1. The molecule has 7 heteroatoms. The zero-order valence-corrected chi connectivity index (χ0v) is 21.9. The van der Waals surface area contributed by atoms with Crippen molar-refractivity contribution >= 4 is 17.4 Å². The van der Waals surface area contributed by atoms with E-state index in [1.807, 2.05) is 52.0 Å². The average molecular weight is 496 g/mol. The lowest BCUT2D eigenvalue weighted by molar-refractivity contribution is -0.139. The molecule has 194 valence electrons. The summed E-state index contributed by atoms with van der Waals surface area (Å²) in [5.41, 5.74) is 1.13. The number of benzene rings is 2. The third-order valence-electron chi connectivity index (χ3n) is 5.93. The Morgan fingerprint density at radius 1 is 0.944 bits per heavy atom. The van der Waals surface area contributed by atoms with Crippen molar-refractivity contribution in [3.05, 3.63) is 59.2 Å². The van der Waals surface area contributed by atoms with E-state index in [1.54, 1.807) is 23.1 Å². The summed E-state index contributed by atoms with van der Waals surface area (Å²) < 4.78 is 17.1. The van der Waals surface area contributed by atoms with Gasteiger partial charge in [0.15, 0.2) is 0 Å². The van der Waals surface area contributed by atoms with Gasteiger partial charge in [-0.25, -0.2) is 0 Å². The molecule has 36 heavy (non-hydrogen) atoms. The number of hydrogen-bond acceptors (Lipinski definition) is 6. The number of Topliss-reactive ketones (excluding diaryl/α,β-unsaturated/α-hetero) is 1. The number of unbranched alkanes of at least 4 members (excludes halogenated alkanes) is 2. The minimum Gasteiger partial charge on any atom is -0.507 e. The van der Waals surface area contributed by atoms with Crippen molar-refractivity contribution in [2.45, 2.75) is 66.0 Å². The summed E-state index contributed by atoms with van der Waals surface area (Å²) in [6.07, 6.45) is 2.71. The lowest BCUT2D eigenvalue weighted by Gasteiger charge is -2.26. The lowest BCUT2D eigenvalue weighted by atomic mass is 9.94. The van der Waals surface area contributed by atoms with Crippen LogP contribution in [-0.2, 0) is 9.59 Å². The molecular weight excluding hydrogens is 458 g/mol. The van der Waals surface area contributed by atoms with E-state index < -0.39 is 17.7 Å². The smallest absolute Gasteiger partial charge is 0.295 e. The number of hydrogen-bond donors (Lipinski definition) is 1. The maximum Gasteiger partial charge on any atom is 0.295 e. The first kappa shape index (κ1) is 27.1. The Kier molecular flexibility index (Phi) is 9.39. The quantitative estimate of drug-likeness (QED) is 0.171. The highest BCUT2D eigenvalue weighted by Gasteiger charge is 2.46. The topological polar surface area (TPSA) is 85.3 Å². The minimum absolute atomic E-state index is 0.0205. The van der Waals surface area contributed by atoms with Crippen LogP contribution in [0.5, 0.6) is 17.2 Å². The highest BCUT2D eigenvalue weighted by atomic mass is 16.5. The molecule has 1 fully saturated rings. The highest BCUT2D eigenvalue weighted by molar-refractivity contribution is 6.46. The molecule has 1 aliphatic heterocycles. The fraction of sp³-hybridized carbons (Fsp3) is 0.448. The van der Waals surface area contributed by atoms with E-state index in [-0.39, 0.29) is 17.4 Å². The number of nitrogens with zero attached hydrogens (tertiary/aromatic N) is 1. The third kappa shape index (κ3) is 6.01. The van der Waals surface area contributed by atoms with E-state index in [2.05, 4.69) is 6.92 Å². The van der Waals surface area contributed by atoms with Gasteiger partial charge >= 0.3 is 0 Å². The third-order valence-corrected chi connectivity index (χ3v) is 5.93. The zero-order chi connectivity index (χ0) is 26.2. The van der Waals surface area contributed by atoms with Crippen molar-refractivity contribution < 1.29 is 28.9 Å². The molecule has 1 atom stereocenters. The Bertz CT molecular complexity index is 1090. The molecule has 0 aromatic heterocycles. The minimum atomic E-state index is -0.712. The molecule has 1 aliphatic rings. The maximum absolute atomic E-state index is 13.3. The van der Waals surface area contributed by atoms with Crippen LogP contribution in [0, 0.1) is 0 Å². The second-order valence-electron chi connectivity index (χ2n) is 8.96. The molecule has 0 aliphatic carbocycles. The van der Waals surface area contributed by atoms with Crippen LogP contribution < -0.4 is 14.2 Å². The van der Waals surface area contributed by atoms with E-state index in [4.69, 9.17) is 14.2 Å². The van der Waals surface area contributed by atoms with Crippen molar-refractivity contribution in [3.63, 3.8) is 0 Å². The van der Waals surface area contributed by atoms with Crippen LogP contribution in [0.15, 0.2) is 48.0 Å². The number of carbonyl (C=O) groups is 2. The molecule has 3 rings (SSSR count). The number of amides is 1. The molecule has 2 aromatic rings. The molecule has 1 amide bonds. The predicted molar refractivity (Wildman–Crippen MR) is 140 cm³/mol. The number of likely N-dealkylation sites (tertiary alicyclic amines) is 1. The van der Waals surface area contributed by atoms with E-state index in [0.29, 0.717) is 42.6 Å². The van der Waals surface area contributed by atoms with Gasteiger partial charge in [0.25, 0.3) is 11.7 Å². The Morgan fingerprint density at radius 2 is 1.61 bits per heavy atom. The van der Waals surface area contributed by atoms with Crippen LogP contribution in [0.25, 0.3) is 5.76 Å². The fourth-order valence-corrected chi connectivity index (χ4v) is 4.36. The normalized spacial score (nSPS) is 17.1. The van der Waals surface area contributed by atoms with E-state index >= 15 is 0 Å². The van der Waals surface area contributed by atoms with E-state index in [0.717, 1.165) is 24.8 Å². The summed E-state index contributed by atoms with van der Waals surface area (Å²) in [7, 11) is 0. The van der Waals surface area contributed by atoms with Gasteiger partial charge in [-0.2, -0.15) is 0 Å². The van der Waals surface area contributed by atoms with Crippen molar-refractivity contribution in [1.29, 1.82) is 0 Å². The van der Waals surface area contributed by atoms with Crippen LogP contribution in [0.3, 0.4) is 0 Å². The summed E-state index contributed by atoms with van der Waals surface area (Å²) in [5, 5.41) is 11.5. The predicted octanol–water partition coefficient (Wildman–Crippen LogP) is 5.88. The largest absolute Gasteiger partial charge is 0.507 e. The Hall–Kier alpha value is -3.48. The standard InChI is InChI=1S/C29H37NO6/c1-6-9-10-17-30-26(20-11-13-21(14-12-20)36-19(4)5)25(28(32)29(30)33)27(31)23-16-15-22(34-7-2)18-24(23)35-8-3/h11-16,18-19,26,31H,6-10,17H2,1-5H3/b27-25-. The number of carbonyl (C=O) groups excluding carboxylic acids is 2. The van der Waals surface area contributed by atoms with Crippen LogP contribution in [0.1, 0.15) is 71.0 Å². The fourth-order valence-electron chi connectivity index (χ4n) is 4.36. The molecule has 1 unspecified atom stereocenters. The highest BCUT2D eigenvalue weighted by Crippen LogP contribution is 2.42. The number of ether oxygens (including phenoxy) is 3. The average Bonchev–Trinajstić information content (AvgIpc) is 3.09. The van der Waals surface area contributed by atoms with Gasteiger partial charge in [-0.3, -0.25) is 9.59 Å². The van der Waals surface area contributed by atoms with Gasteiger partial charge in [-0.1, -0.05) is 31.9 Å². The van der Waals surface area contributed by atoms with Gasteiger partial charge in [0.05, 0.1) is 36.5 Å². The molecule has 1 N–H and O–H groups in total. The lowest BCUT2D eigenvalue weighted by Crippen LogP contribution is -2.30. The Balaban J connectivity index is 2.13. The number of ketones is 1. The Morgan fingerprint density at radius 3 is 2.22 bits per heavy atom. The molecule has 7 nitrogen and oxygen atoms in total. The number of aliphatic hydroxyl groups excluding tert-OH is 1. The molecular formula is C29H37NO6. The summed E-state index contributed by atoms with van der Waals surface area (Å²) >= 11 is 0. The summed E-state index contributed by atoms with van der Waals surface area (Å²) in [5.74, 6) is 0.108. The summed E-state index contributed by atoms with van der Waals surface area (Å²) in [6, 6.07) is 11.7. The SMILES string of the molecule is CCCCCN1C(=O)C(=O)/C(=C(\O)c2ccc(OCC)cc2OCC)C1c1ccc(OC(C)C)cc1.